The number of hydrogen-bond donors (Lipinski definition) is 3. The van der Waals surface area contributed by atoms with E-state index in [1.54, 1.807) is 4.90 Å². The zero-order valence-electron chi connectivity index (χ0n) is 17.6. The van der Waals surface area contributed by atoms with Crippen LogP contribution in [-0.4, -0.2) is 66.7 Å². The minimum atomic E-state index is -6.03. The number of nitrogen functional groups attached to an aromatic ring is 1. The van der Waals surface area contributed by atoms with Crippen LogP contribution in [0.1, 0.15) is 26.7 Å². The molecule has 0 saturated heterocycles. The van der Waals surface area contributed by atoms with Crippen molar-refractivity contribution in [2.24, 2.45) is 0 Å². The average molecular weight is 508 g/mol. The highest BCUT2D eigenvalue weighted by molar-refractivity contribution is 7.53. The van der Waals surface area contributed by atoms with E-state index in [1.807, 2.05) is 13.8 Å². The molecule has 0 fully saturated rings. The number of nitrogens with two attached hydrogens (primary N) is 1. The molecule has 10 nitrogen and oxygen atoms in total. The maximum atomic E-state index is 13.0. The van der Waals surface area contributed by atoms with Gasteiger partial charge in [0.2, 0.25) is 5.95 Å². The van der Waals surface area contributed by atoms with E-state index in [2.05, 4.69) is 19.7 Å². The first-order valence-electron chi connectivity index (χ1n) is 9.58. The maximum Gasteiger partial charge on any atom is 0.392 e. The lowest BCUT2D eigenvalue weighted by molar-refractivity contribution is -0.211. The predicted octanol–water partition coefficient (Wildman–Crippen LogP) is 3.05. The van der Waals surface area contributed by atoms with Crippen LogP contribution in [0.5, 0.6) is 0 Å². The lowest BCUT2D eigenvalue weighted by atomic mass is 10.1. The van der Waals surface area contributed by atoms with Gasteiger partial charge in [0.1, 0.15) is 0 Å². The molecular weight excluding hydrogens is 485 g/mol. The summed E-state index contributed by atoms with van der Waals surface area (Å²) in [6.45, 7) is 3.45. The number of halogens is 6. The Morgan fingerprint density at radius 2 is 1.64 bits per heavy atom. The number of nitrogens with zero attached hydrogens (tertiary/aromatic N) is 5. The van der Waals surface area contributed by atoms with Gasteiger partial charge in [0.05, 0.1) is 25.8 Å². The Balaban J connectivity index is 2.37. The third-order valence-electron chi connectivity index (χ3n) is 4.71. The Kier molecular flexibility index (Phi) is 7.88. The lowest BCUT2D eigenvalue weighted by Crippen LogP contribution is -2.42. The highest BCUT2D eigenvalue weighted by Gasteiger charge is 2.59. The molecular formula is C16H23F6N6O4P. The van der Waals surface area contributed by atoms with E-state index in [9.17, 15) is 40.7 Å². The van der Waals surface area contributed by atoms with Crippen molar-refractivity contribution < 1.29 is 45.4 Å². The first-order chi connectivity index (χ1) is 15.0. The molecule has 2 heterocycles. The topological polar surface area (TPSA) is 140 Å². The van der Waals surface area contributed by atoms with E-state index >= 15 is 0 Å². The first kappa shape index (κ1) is 27.1. The van der Waals surface area contributed by atoms with E-state index in [-0.39, 0.29) is 17.1 Å². The lowest BCUT2D eigenvalue weighted by Gasteiger charge is -2.35. The highest BCUT2D eigenvalue weighted by atomic mass is 31.2. The molecule has 0 spiro atoms. The molecule has 0 atom stereocenters. The normalized spacial score (nSPS) is 13.6. The quantitative estimate of drug-likeness (QED) is 0.326. The predicted molar refractivity (Wildman–Crippen MR) is 105 cm³/mol. The Morgan fingerprint density at radius 3 is 2.09 bits per heavy atom. The Labute approximate surface area is 183 Å². The fourth-order valence-electron chi connectivity index (χ4n) is 3.27. The van der Waals surface area contributed by atoms with Crippen molar-refractivity contribution in [2.45, 2.75) is 50.9 Å². The van der Waals surface area contributed by atoms with Gasteiger partial charge in [0, 0.05) is 19.6 Å². The highest BCUT2D eigenvalue weighted by Crippen LogP contribution is 2.60. The van der Waals surface area contributed by atoms with Gasteiger partial charge in [-0.3, -0.25) is 4.57 Å². The summed E-state index contributed by atoms with van der Waals surface area (Å²) in [5.74, 6) is 0.228. The molecule has 2 rings (SSSR count). The third kappa shape index (κ3) is 6.68. The van der Waals surface area contributed by atoms with Crippen molar-refractivity contribution in [3.8, 4) is 0 Å². The molecule has 17 heteroatoms. The number of hydrogen-bond acceptors (Lipinski definition) is 7. The van der Waals surface area contributed by atoms with Gasteiger partial charge in [-0.25, -0.2) is 4.98 Å². The molecule has 0 aliphatic heterocycles. The summed E-state index contributed by atoms with van der Waals surface area (Å²) >= 11 is 0. The Hall–Kier alpha value is -2.16. The maximum absolute atomic E-state index is 13.0. The second-order valence-electron chi connectivity index (χ2n) is 7.11. The zero-order chi connectivity index (χ0) is 25.2. The summed E-state index contributed by atoms with van der Waals surface area (Å²) in [6.07, 6.45) is -14.5. The zero-order valence-corrected chi connectivity index (χ0v) is 18.5. The third-order valence-corrected chi connectivity index (χ3v) is 6.22. The molecule has 33 heavy (non-hydrogen) atoms. The van der Waals surface area contributed by atoms with E-state index in [1.165, 1.54) is 10.9 Å². The molecule has 0 bridgehead atoms. The Bertz CT molecular complexity index is 988. The van der Waals surface area contributed by atoms with Crippen LogP contribution >= 0.6 is 7.60 Å². The van der Waals surface area contributed by atoms with Crippen LogP contribution in [-0.2, 0) is 15.8 Å². The molecule has 2 aromatic rings. The smallest absolute Gasteiger partial charge is 0.368 e. The van der Waals surface area contributed by atoms with Gasteiger partial charge in [0.15, 0.2) is 22.3 Å². The van der Waals surface area contributed by atoms with Gasteiger partial charge in [-0.05, 0) is 13.8 Å². The molecule has 4 N–H and O–H groups in total. The summed E-state index contributed by atoms with van der Waals surface area (Å²) in [5, 5.41) is -3.83. The molecule has 0 aromatic carbocycles. The molecule has 0 saturated carbocycles. The molecule has 0 radical (unpaired) electrons. The minimum absolute atomic E-state index is 0.126. The monoisotopic (exact) mass is 508 g/mol. The first-order valence-corrected chi connectivity index (χ1v) is 11.2. The van der Waals surface area contributed by atoms with Gasteiger partial charge in [-0.15, -0.1) is 0 Å². The fourth-order valence-corrected chi connectivity index (χ4v) is 4.30. The number of anilines is 2. The summed E-state index contributed by atoms with van der Waals surface area (Å²) in [6, 6.07) is 0. The van der Waals surface area contributed by atoms with Crippen LogP contribution in [0.3, 0.4) is 0 Å². The van der Waals surface area contributed by atoms with Gasteiger partial charge in [-0.2, -0.15) is 36.3 Å². The van der Waals surface area contributed by atoms with Crippen LogP contribution in [0.2, 0.25) is 0 Å². The molecule has 0 aliphatic rings. The molecule has 0 unspecified atom stereocenters. The number of aromatic nitrogens is 4. The van der Waals surface area contributed by atoms with Crippen molar-refractivity contribution in [2.75, 3.05) is 30.3 Å². The van der Waals surface area contributed by atoms with Gasteiger partial charge >= 0.3 is 19.9 Å². The van der Waals surface area contributed by atoms with Crippen molar-refractivity contribution in [3.05, 3.63) is 6.33 Å². The van der Waals surface area contributed by atoms with E-state index in [0.717, 1.165) is 0 Å². The number of fused-ring (bicyclic) bond motifs is 1. The number of alkyl halides is 6. The summed E-state index contributed by atoms with van der Waals surface area (Å²) < 4.78 is 95.4. The van der Waals surface area contributed by atoms with Crippen molar-refractivity contribution >= 4 is 30.5 Å². The van der Waals surface area contributed by atoms with E-state index < -0.39 is 51.3 Å². The van der Waals surface area contributed by atoms with Gasteiger partial charge in [-0.1, -0.05) is 0 Å². The van der Waals surface area contributed by atoms with E-state index in [4.69, 9.17) is 5.73 Å². The van der Waals surface area contributed by atoms with Crippen molar-refractivity contribution in [1.29, 1.82) is 0 Å². The van der Waals surface area contributed by atoms with Crippen LogP contribution in [0, 0.1) is 0 Å². The molecule has 2 aromatic heterocycles. The molecule has 188 valence electrons. The summed E-state index contributed by atoms with van der Waals surface area (Å²) in [7, 11) is -6.03. The molecule has 0 aliphatic carbocycles. The van der Waals surface area contributed by atoms with Crippen molar-refractivity contribution in [3.63, 3.8) is 0 Å². The second-order valence-corrected chi connectivity index (χ2v) is 9.01. The van der Waals surface area contributed by atoms with E-state index in [0.29, 0.717) is 18.9 Å². The number of imidazole rings is 1. The van der Waals surface area contributed by atoms with Crippen LogP contribution < -0.4 is 10.6 Å². The summed E-state index contributed by atoms with van der Waals surface area (Å²) in [5.41, 5.74) is 6.12. The van der Waals surface area contributed by atoms with Gasteiger partial charge in [0.25, 0.3) is 0 Å². The van der Waals surface area contributed by atoms with Crippen LogP contribution in [0.25, 0.3) is 11.2 Å². The average Bonchev–Trinajstić information content (AvgIpc) is 3.01. The molecule has 0 amide bonds. The fraction of sp³-hybridized carbons (Fsp3) is 0.688. The minimum Gasteiger partial charge on any atom is -0.368 e. The largest absolute Gasteiger partial charge is 0.392 e. The van der Waals surface area contributed by atoms with Crippen molar-refractivity contribution in [1.82, 2.24) is 19.5 Å². The summed E-state index contributed by atoms with van der Waals surface area (Å²) in [4.78, 5) is 32.9. The Morgan fingerprint density at radius 1 is 1.09 bits per heavy atom. The number of ether oxygens (including phenoxy) is 1. The van der Waals surface area contributed by atoms with Crippen LogP contribution in [0.4, 0.5) is 38.1 Å². The van der Waals surface area contributed by atoms with Gasteiger partial charge < -0.3 is 29.7 Å². The standard InChI is InChI=1S/C16H23F6N6O4P/c1-3-27(4-2)11-10-12(26-13(23)25-11)28(9-24-10)5-6-32-14(33(29,30)31,7-15(17,18)19)8-16(20,21)22/h9H,3-8H2,1-2H3,(H2,23,25,26)(H2,29,30,31). The second kappa shape index (κ2) is 9.60. The van der Waals surface area contributed by atoms with Crippen LogP contribution in [0.15, 0.2) is 6.33 Å². The SMILES string of the molecule is CCN(CC)c1nc(N)nc2c1ncn2CCOC(CC(F)(F)F)(CC(F)(F)F)P(=O)(O)O. The number of rotatable bonds is 10.